The normalized spacial score (nSPS) is 20.1. The smallest absolute Gasteiger partial charge is 0.227 e. The van der Waals surface area contributed by atoms with E-state index in [-0.39, 0.29) is 12.5 Å². The molecule has 0 aliphatic carbocycles. The molecule has 1 saturated heterocycles. The van der Waals surface area contributed by atoms with Gasteiger partial charge >= 0.3 is 0 Å². The fourth-order valence-corrected chi connectivity index (χ4v) is 3.86. The largest absolute Gasteiger partial charge is 0.491 e. The van der Waals surface area contributed by atoms with Crippen molar-refractivity contribution in [3.05, 3.63) is 66.4 Å². The Kier molecular flexibility index (Phi) is 5.35. The van der Waals surface area contributed by atoms with Crippen LogP contribution < -0.4 is 4.74 Å². The van der Waals surface area contributed by atoms with Crippen molar-refractivity contribution in [3.63, 3.8) is 0 Å². The number of carbonyl (C=O) groups excluding carboxylic acids is 1. The molecule has 0 radical (unpaired) electrons. The van der Waals surface area contributed by atoms with Gasteiger partial charge in [0.25, 0.3) is 0 Å². The molecule has 5 heteroatoms. The minimum absolute atomic E-state index is 0.109. The van der Waals surface area contributed by atoms with E-state index in [1.807, 2.05) is 65.7 Å². The van der Waals surface area contributed by atoms with E-state index in [0.717, 1.165) is 28.6 Å². The van der Waals surface area contributed by atoms with Crippen LogP contribution in [0.25, 0.3) is 10.9 Å². The maximum absolute atomic E-state index is 12.9. The predicted octanol–water partition coefficient (Wildman–Crippen LogP) is 3.53. The first-order valence-corrected chi connectivity index (χ1v) is 9.86. The molecule has 4 rings (SSSR count). The highest BCUT2D eigenvalue weighted by Crippen LogP contribution is 2.25. The molecule has 0 spiro atoms. The van der Waals surface area contributed by atoms with Gasteiger partial charge in [-0.25, -0.2) is 0 Å². The highest BCUT2D eigenvalue weighted by atomic mass is 16.5. The quantitative estimate of drug-likeness (QED) is 0.714. The SMILES string of the molecule is O=C(Cc1c[nH]c2ccccc12)N1CCCC(O)(COc2ccccc2)CC1. The Morgan fingerprint density at radius 3 is 2.71 bits per heavy atom. The summed E-state index contributed by atoms with van der Waals surface area (Å²) < 4.78 is 5.78. The molecule has 2 heterocycles. The summed E-state index contributed by atoms with van der Waals surface area (Å²) in [6, 6.07) is 17.6. The number of fused-ring (bicyclic) bond motifs is 1. The van der Waals surface area contributed by atoms with Gasteiger partial charge in [0.15, 0.2) is 0 Å². The minimum Gasteiger partial charge on any atom is -0.491 e. The Morgan fingerprint density at radius 2 is 1.86 bits per heavy atom. The molecule has 28 heavy (non-hydrogen) atoms. The van der Waals surface area contributed by atoms with Gasteiger partial charge in [0.1, 0.15) is 18.0 Å². The highest BCUT2D eigenvalue weighted by molar-refractivity contribution is 5.88. The second kappa shape index (κ2) is 8.07. The van der Waals surface area contributed by atoms with Gasteiger partial charge in [-0.05, 0) is 43.0 Å². The molecule has 5 nitrogen and oxygen atoms in total. The van der Waals surface area contributed by atoms with E-state index < -0.39 is 5.60 Å². The standard InChI is InChI=1S/C23H26N2O3/c26-22(15-18-16-24-21-10-5-4-9-20(18)21)25-13-6-11-23(27,12-14-25)17-28-19-7-2-1-3-8-19/h1-5,7-10,16,24,27H,6,11-15,17H2. The van der Waals surface area contributed by atoms with Crippen molar-refractivity contribution in [2.24, 2.45) is 0 Å². The van der Waals surface area contributed by atoms with Gasteiger partial charge in [0.05, 0.1) is 6.42 Å². The van der Waals surface area contributed by atoms with Crippen LogP contribution in [0.1, 0.15) is 24.8 Å². The van der Waals surface area contributed by atoms with Gasteiger partial charge in [-0.1, -0.05) is 36.4 Å². The molecule has 1 aromatic heterocycles. The second-order valence-corrected chi connectivity index (χ2v) is 7.60. The zero-order valence-corrected chi connectivity index (χ0v) is 15.9. The van der Waals surface area contributed by atoms with E-state index in [0.29, 0.717) is 32.4 Å². The van der Waals surface area contributed by atoms with Crippen molar-refractivity contribution >= 4 is 16.8 Å². The molecule has 2 aromatic carbocycles. The topological polar surface area (TPSA) is 65.6 Å². The lowest BCUT2D eigenvalue weighted by molar-refractivity contribution is -0.130. The summed E-state index contributed by atoms with van der Waals surface area (Å²) in [5.41, 5.74) is 1.17. The minimum atomic E-state index is -0.897. The third-order valence-corrected chi connectivity index (χ3v) is 5.54. The number of aromatic amines is 1. The molecule has 1 unspecified atom stereocenters. The second-order valence-electron chi connectivity index (χ2n) is 7.60. The number of carbonyl (C=O) groups is 1. The van der Waals surface area contributed by atoms with Gasteiger partial charge < -0.3 is 19.7 Å². The van der Waals surface area contributed by atoms with Crippen LogP contribution in [0.3, 0.4) is 0 Å². The lowest BCUT2D eigenvalue weighted by atomic mass is 9.96. The molecule has 1 amide bonds. The Hall–Kier alpha value is -2.79. The molecule has 1 atom stereocenters. The fourth-order valence-electron chi connectivity index (χ4n) is 3.86. The van der Waals surface area contributed by atoms with Gasteiger partial charge in [-0.3, -0.25) is 4.79 Å². The van der Waals surface area contributed by atoms with E-state index in [1.165, 1.54) is 0 Å². The summed E-state index contributed by atoms with van der Waals surface area (Å²) in [6.45, 7) is 1.48. The van der Waals surface area contributed by atoms with Crippen LogP contribution in [0.2, 0.25) is 0 Å². The predicted molar refractivity (Wildman–Crippen MR) is 109 cm³/mol. The number of rotatable bonds is 5. The van der Waals surface area contributed by atoms with E-state index in [9.17, 15) is 9.90 Å². The number of hydrogen-bond donors (Lipinski definition) is 2. The Balaban J connectivity index is 1.36. The van der Waals surface area contributed by atoms with Crippen molar-refractivity contribution in [1.29, 1.82) is 0 Å². The monoisotopic (exact) mass is 378 g/mol. The van der Waals surface area contributed by atoms with Crippen LogP contribution in [0.15, 0.2) is 60.8 Å². The molecule has 1 aliphatic rings. The van der Waals surface area contributed by atoms with Crippen LogP contribution in [-0.2, 0) is 11.2 Å². The molecule has 2 N–H and O–H groups in total. The number of nitrogens with one attached hydrogen (secondary N) is 1. The maximum atomic E-state index is 12.9. The molecule has 0 bridgehead atoms. The number of H-pyrrole nitrogens is 1. The van der Waals surface area contributed by atoms with Crippen molar-refractivity contribution in [2.45, 2.75) is 31.3 Å². The van der Waals surface area contributed by atoms with E-state index in [1.54, 1.807) is 0 Å². The number of likely N-dealkylation sites (tertiary alicyclic amines) is 1. The molecule has 1 fully saturated rings. The van der Waals surface area contributed by atoms with Crippen molar-refractivity contribution < 1.29 is 14.6 Å². The third-order valence-electron chi connectivity index (χ3n) is 5.54. The molecule has 0 saturated carbocycles. The Labute approximate surface area is 164 Å². The molecular formula is C23H26N2O3. The molecular weight excluding hydrogens is 352 g/mol. The van der Waals surface area contributed by atoms with E-state index >= 15 is 0 Å². The van der Waals surface area contributed by atoms with Gasteiger partial charge in [-0.2, -0.15) is 0 Å². The lowest BCUT2D eigenvalue weighted by Gasteiger charge is -2.27. The molecule has 3 aromatic rings. The highest BCUT2D eigenvalue weighted by Gasteiger charge is 2.32. The summed E-state index contributed by atoms with van der Waals surface area (Å²) >= 11 is 0. The number of hydrogen-bond acceptors (Lipinski definition) is 3. The van der Waals surface area contributed by atoms with Crippen LogP contribution in [-0.4, -0.2) is 46.2 Å². The molecule has 146 valence electrons. The number of amides is 1. The first-order chi connectivity index (χ1) is 13.6. The van der Waals surface area contributed by atoms with E-state index in [2.05, 4.69) is 4.98 Å². The number of para-hydroxylation sites is 2. The summed E-state index contributed by atoms with van der Waals surface area (Å²) in [7, 11) is 0. The number of nitrogens with zero attached hydrogens (tertiary/aromatic N) is 1. The van der Waals surface area contributed by atoms with Crippen LogP contribution in [0.5, 0.6) is 5.75 Å². The fraction of sp³-hybridized carbons (Fsp3) is 0.348. The summed E-state index contributed by atoms with van der Waals surface area (Å²) in [6.07, 6.45) is 4.23. The number of benzene rings is 2. The first-order valence-electron chi connectivity index (χ1n) is 9.86. The van der Waals surface area contributed by atoms with Crippen molar-refractivity contribution in [2.75, 3.05) is 19.7 Å². The summed E-state index contributed by atoms with van der Waals surface area (Å²) in [5.74, 6) is 0.866. The zero-order valence-electron chi connectivity index (χ0n) is 15.9. The van der Waals surface area contributed by atoms with Crippen LogP contribution in [0.4, 0.5) is 0 Å². The van der Waals surface area contributed by atoms with Gasteiger partial charge in [0.2, 0.25) is 5.91 Å². The average Bonchev–Trinajstić information content (AvgIpc) is 3.01. The summed E-state index contributed by atoms with van der Waals surface area (Å²) in [4.78, 5) is 18.0. The van der Waals surface area contributed by atoms with Crippen LogP contribution in [0, 0.1) is 0 Å². The van der Waals surface area contributed by atoms with Gasteiger partial charge in [-0.15, -0.1) is 0 Å². The first kappa shape index (κ1) is 18.6. The summed E-state index contributed by atoms with van der Waals surface area (Å²) in [5, 5.41) is 12.0. The Morgan fingerprint density at radius 1 is 1.07 bits per heavy atom. The zero-order chi connectivity index (χ0) is 19.4. The van der Waals surface area contributed by atoms with Crippen molar-refractivity contribution in [3.8, 4) is 5.75 Å². The van der Waals surface area contributed by atoms with Crippen molar-refractivity contribution in [1.82, 2.24) is 9.88 Å². The average molecular weight is 378 g/mol. The maximum Gasteiger partial charge on any atom is 0.227 e. The number of aliphatic hydroxyl groups is 1. The Bertz CT molecular complexity index is 937. The van der Waals surface area contributed by atoms with E-state index in [4.69, 9.17) is 4.74 Å². The number of ether oxygens (including phenoxy) is 1. The lowest BCUT2D eigenvalue weighted by Crippen LogP contribution is -2.38. The molecule has 1 aliphatic heterocycles. The third kappa shape index (κ3) is 4.20. The van der Waals surface area contributed by atoms with Crippen LogP contribution >= 0.6 is 0 Å². The number of aromatic nitrogens is 1. The van der Waals surface area contributed by atoms with Gasteiger partial charge in [0, 0.05) is 30.2 Å².